The molecule has 8 N–H and O–H groups in total. The Morgan fingerprint density at radius 2 is 1.40 bits per heavy atom. The van der Waals surface area contributed by atoms with Crippen molar-refractivity contribution >= 4 is 41.6 Å². The summed E-state index contributed by atoms with van der Waals surface area (Å²) in [5, 5.41) is 41.7. The Balaban J connectivity index is 1.73. The van der Waals surface area contributed by atoms with Crippen LogP contribution in [0.15, 0.2) is 54.6 Å². The van der Waals surface area contributed by atoms with Gasteiger partial charge in [0.05, 0.1) is 12.6 Å². The van der Waals surface area contributed by atoms with Crippen molar-refractivity contribution in [1.82, 2.24) is 31.5 Å². The average molecular weight is 797 g/mol. The molecule has 1 aliphatic heterocycles. The summed E-state index contributed by atoms with van der Waals surface area (Å²) in [4.78, 5) is 93.3. The molecule has 1 heterocycles. The monoisotopic (exact) mass is 796 g/mol. The Hall–Kier alpha value is -5.71. The van der Waals surface area contributed by atoms with Gasteiger partial charge in [0.2, 0.25) is 29.5 Å². The topological polar surface area (TPSA) is 253 Å². The highest BCUT2D eigenvalue weighted by Crippen LogP contribution is 2.21. The number of carbonyl (C=O) groups is 7. The second-order valence-electron chi connectivity index (χ2n) is 15.5. The number of rotatable bonds is 18. The van der Waals surface area contributed by atoms with E-state index in [-0.39, 0.29) is 43.9 Å². The molecule has 2 aromatic carbocycles. The first kappa shape index (κ1) is 45.7. The van der Waals surface area contributed by atoms with Crippen LogP contribution in [0.2, 0.25) is 0 Å². The number of hydrogen-bond donors (Lipinski definition) is 8. The number of carbonyl (C=O) groups excluding carboxylic acids is 6. The maximum Gasteiger partial charge on any atom is 0.408 e. The quantitative estimate of drug-likeness (QED) is 0.106. The van der Waals surface area contributed by atoms with Gasteiger partial charge in [-0.3, -0.25) is 24.0 Å². The average Bonchev–Trinajstić information content (AvgIpc) is 3.62. The fourth-order valence-electron chi connectivity index (χ4n) is 6.23. The van der Waals surface area contributed by atoms with Crippen molar-refractivity contribution in [2.75, 3.05) is 13.1 Å². The summed E-state index contributed by atoms with van der Waals surface area (Å²) in [6.45, 7) is 9.49. The number of aliphatic hydroxyl groups is 1. The van der Waals surface area contributed by atoms with Gasteiger partial charge in [-0.15, -0.1) is 0 Å². The first-order valence-corrected chi connectivity index (χ1v) is 18.9. The van der Waals surface area contributed by atoms with Crippen LogP contribution >= 0.6 is 0 Å². The Bertz CT molecular complexity index is 1710. The van der Waals surface area contributed by atoms with Gasteiger partial charge in [-0.2, -0.15) is 0 Å². The Kier molecular flexibility index (Phi) is 16.8. The standard InChI is InChI=1S/C40H56N6O11/c1-23(2)19-28(35(51)45-33(24(3)47)38(54)55)43-34(50)29(20-25-11-8-7-9-12-25)42-32(49)22-41-36(52)31-13-10-18-46(31)37(53)30(44-39(56)57-40(4,5)6)21-26-14-16-27(48)17-15-26/h7-9,11-12,14-17,23-24,28-31,33,47-48H,10,13,18-22H2,1-6H3,(H,41,52)(H,42,49)(H,43,50)(H,44,56)(H,45,51)(H,54,55). The molecular weight excluding hydrogens is 740 g/mol. The zero-order valence-electron chi connectivity index (χ0n) is 33.2. The van der Waals surface area contributed by atoms with Crippen molar-refractivity contribution in [3.8, 4) is 5.75 Å². The van der Waals surface area contributed by atoms with E-state index in [9.17, 15) is 48.9 Å². The number of amides is 6. The summed E-state index contributed by atoms with van der Waals surface area (Å²) >= 11 is 0. The summed E-state index contributed by atoms with van der Waals surface area (Å²) in [5.41, 5.74) is 0.463. The number of alkyl carbamates (subject to hydrolysis) is 1. The minimum absolute atomic E-state index is 0.00573. The third-order valence-corrected chi connectivity index (χ3v) is 8.95. The van der Waals surface area contributed by atoms with Crippen molar-refractivity contribution in [1.29, 1.82) is 0 Å². The molecule has 6 amide bonds. The predicted octanol–water partition coefficient (Wildman–Crippen LogP) is 1.14. The van der Waals surface area contributed by atoms with Gasteiger partial charge < -0.3 is 51.5 Å². The lowest BCUT2D eigenvalue weighted by Crippen LogP contribution is -2.58. The van der Waals surface area contributed by atoms with Crippen LogP contribution in [0.5, 0.6) is 5.75 Å². The van der Waals surface area contributed by atoms with Gasteiger partial charge in [0, 0.05) is 19.4 Å². The van der Waals surface area contributed by atoms with Crippen LogP contribution in [-0.2, 0) is 46.3 Å². The third kappa shape index (κ3) is 15.0. The number of hydrogen-bond acceptors (Lipinski definition) is 10. The fourth-order valence-corrected chi connectivity index (χ4v) is 6.23. The Morgan fingerprint density at radius 3 is 1.98 bits per heavy atom. The van der Waals surface area contributed by atoms with Gasteiger partial charge in [-0.1, -0.05) is 56.3 Å². The zero-order chi connectivity index (χ0) is 42.4. The van der Waals surface area contributed by atoms with Crippen LogP contribution in [0.25, 0.3) is 0 Å². The molecule has 1 saturated heterocycles. The second-order valence-corrected chi connectivity index (χ2v) is 15.5. The van der Waals surface area contributed by atoms with E-state index in [0.717, 1.165) is 0 Å². The van der Waals surface area contributed by atoms with E-state index in [2.05, 4.69) is 26.6 Å². The van der Waals surface area contributed by atoms with Crippen molar-refractivity contribution < 1.29 is 53.6 Å². The molecular formula is C40H56N6O11. The maximum absolute atomic E-state index is 13.9. The summed E-state index contributed by atoms with van der Waals surface area (Å²) in [7, 11) is 0. The van der Waals surface area contributed by atoms with Gasteiger partial charge in [-0.05, 0) is 76.1 Å². The molecule has 0 aromatic heterocycles. The van der Waals surface area contributed by atoms with Gasteiger partial charge >= 0.3 is 12.1 Å². The lowest BCUT2D eigenvalue weighted by atomic mass is 10.0. The summed E-state index contributed by atoms with van der Waals surface area (Å²) in [6.07, 6.45) is -1.33. The molecule has 6 unspecified atom stereocenters. The number of aliphatic hydroxyl groups excluding tert-OH is 1. The largest absolute Gasteiger partial charge is 0.508 e. The van der Waals surface area contributed by atoms with Crippen LogP contribution in [0.3, 0.4) is 0 Å². The molecule has 2 aromatic rings. The third-order valence-electron chi connectivity index (χ3n) is 8.95. The van der Waals surface area contributed by atoms with Crippen molar-refractivity contribution in [3.63, 3.8) is 0 Å². The molecule has 0 bridgehead atoms. The predicted molar refractivity (Wildman–Crippen MR) is 207 cm³/mol. The number of aromatic hydroxyl groups is 1. The number of carboxylic acids is 1. The van der Waals surface area contributed by atoms with Gasteiger partial charge in [0.25, 0.3) is 0 Å². The highest BCUT2D eigenvalue weighted by Gasteiger charge is 2.39. The number of nitrogens with one attached hydrogen (secondary N) is 5. The van der Waals surface area contributed by atoms with Crippen LogP contribution in [0.1, 0.15) is 71.9 Å². The first-order chi connectivity index (χ1) is 26.7. The van der Waals surface area contributed by atoms with E-state index in [1.165, 1.54) is 24.0 Å². The SMILES string of the molecule is CC(C)CC(NC(=O)C(Cc1ccccc1)NC(=O)CNC(=O)C1CCCN1C(=O)C(Cc1ccc(O)cc1)NC(=O)OC(C)(C)C)C(=O)NC(C(=O)O)C(C)O. The van der Waals surface area contributed by atoms with Crippen LogP contribution in [0, 0.1) is 5.92 Å². The van der Waals surface area contributed by atoms with E-state index in [1.807, 2.05) is 0 Å². The molecule has 57 heavy (non-hydrogen) atoms. The van der Waals surface area contributed by atoms with E-state index < -0.39 is 90.1 Å². The summed E-state index contributed by atoms with van der Waals surface area (Å²) in [5.74, 6) is -5.03. The molecule has 1 fully saturated rings. The first-order valence-electron chi connectivity index (χ1n) is 18.9. The number of benzene rings is 2. The molecule has 6 atom stereocenters. The van der Waals surface area contributed by atoms with E-state index in [0.29, 0.717) is 17.5 Å². The number of phenols is 1. The van der Waals surface area contributed by atoms with Gasteiger partial charge in [0.15, 0.2) is 6.04 Å². The Labute approximate surface area is 332 Å². The lowest BCUT2D eigenvalue weighted by Gasteiger charge is -2.29. The molecule has 0 saturated carbocycles. The molecule has 3 rings (SSSR count). The highest BCUT2D eigenvalue weighted by molar-refractivity contribution is 5.96. The fraction of sp³-hybridized carbons (Fsp3) is 0.525. The van der Waals surface area contributed by atoms with E-state index in [4.69, 9.17) is 4.74 Å². The van der Waals surface area contributed by atoms with Crippen LogP contribution < -0.4 is 26.6 Å². The van der Waals surface area contributed by atoms with Crippen LogP contribution in [-0.4, -0.2) is 117 Å². The number of phenolic OH excluding ortho intramolecular Hbond substituents is 1. The molecule has 1 aliphatic rings. The molecule has 0 aliphatic carbocycles. The van der Waals surface area contributed by atoms with E-state index in [1.54, 1.807) is 77.1 Å². The van der Waals surface area contributed by atoms with Crippen molar-refractivity contribution in [2.24, 2.45) is 5.92 Å². The molecule has 0 radical (unpaired) electrons. The highest BCUT2D eigenvalue weighted by atomic mass is 16.6. The Morgan fingerprint density at radius 1 is 0.807 bits per heavy atom. The minimum atomic E-state index is -1.62. The normalized spacial score (nSPS) is 16.6. The molecule has 312 valence electrons. The zero-order valence-corrected chi connectivity index (χ0v) is 33.2. The smallest absolute Gasteiger partial charge is 0.408 e. The molecule has 17 heteroatoms. The number of likely N-dealkylation sites (tertiary alicyclic amines) is 1. The molecule has 0 spiro atoms. The van der Waals surface area contributed by atoms with Crippen LogP contribution in [0.4, 0.5) is 4.79 Å². The lowest BCUT2D eigenvalue weighted by molar-refractivity contribution is -0.145. The van der Waals surface area contributed by atoms with E-state index >= 15 is 0 Å². The minimum Gasteiger partial charge on any atom is -0.508 e. The number of nitrogens with zero attached hydrogens (tertiary/aromatic N) is 1. The number of carboxylic acid groups (broad SMARTS) is 1. The van der Waals surface area contributed by atoms with Crippen molar-refractivity contribution in [2.45, 2.75) is 116 Å². The van der Waals surface area contributed by atoms with Crippen molar-refractivity contribution in [3.05, 3.63) is 65.7 Å². The number of ether oxygens (including phenoxy) is 1. The van der Waals surface area contributed by atoms with Gasteiger partial charge in [0.1, 0.15) is 35.5 Å². The number of aliphatic carboxylic acids is 1. The van der Waals surface area contributed by atoms with Gasteiger partial charge in [-0.25, -0.2) is 9.59 Å². The second kappa shape index (κ2) is 21.0. The maximum atomic E-state index is 13.9. The molecule has 17 nitrogen and oxygen atoms in total. The summed E-state index contributed by atoms with van der Waals surface area (Å²) in [6, 6.07) is 8.72. The summed E-state index contributed by atoms with van der Waals surface area (Å²) < 4.78 is 5.38.